The summed E-state index contributed by atoms with van der Waals surface area (Å²) in [5.41, 5.74) is 1.39. The number of hydrogen-bond donors (Lipinski definition) is 0. The molecule has 50 valence electrons. The highest BCUT2D eigenvalue weighted by atomic mass is 14.9. The van der Waals surface area contributed by atoms with Gasteiger partial charge in [-0.3, -0.25) is 4.99 Å². The van der Waals surface area contributed by atoms with E-state index in [0.717, 1.165) is 12.0 Å². The van der Waals surface area contributed by atoms with Crippen molar-refractivity contribution < 1.29 is 0 Å². The van der Waals surface area contributed by atoms with Gasteiger partial charge in [-0.25, -0.2) is 0 Å². The van der Waals surface area contributed by atoms with Crippen LogP contribution in [-0.2, 0) is 0 Å². The molecular formula is C8H13N. The predicted octanol–water partition coefficient (Wildman–Crippen LogP) is 2.02. The molecule has 0 amide bonds. The van der Waals surface area contributed by atoms with Crippen molar-refractivity contribution in [3.05, 3.63) is 0 Å². The average Bonchev–Trinajstić information content (AvgIpc) is 2.22. The third-order valence-corrected chi connectivity index (χ3v) is 2.56. The van der Waals surface area contributed by atoms with Crippen molar-refractivity contribution in [1.82, 2.24) is 0 Å². The van der Waals surface area contributed by atoms with Gasteiger partial charge >= 0.3 is 0 Å². The van der Waals surface area contributed by atoms with Gasteiger partial charge in [0.15, 0.2) is 0 Å². The van der Waals surface area contributed by atoms with Gasteiger partial charge in [-0.1, -0.05) is 6.42 Å². The molecule has 2 atom stereocenters. The number of hydrogen-bond acceptors (Lipinski definition) is 1. The van der Waals surface area contributed by atoms with Crippen LogP contribution in [0.5, 0.6) is 0 Å². The monoisotopic (exact) mass is 123 g/mol. The molecule has 1 aliphatic carbocycles. The Balaban J connectivity index is 2.13. The quantitative estimate of drug-likeness (QED) is 0.467. The zero-order valence-electron chi connectivity index (χ0n) is 5.93. The molecule has 0 aromatic carbocycles. The lowest BCUT2D eigenvalue weighted by molar-refractivity contribution is 0.536. The average molecular weight is 123 g/mol. The zero-order valence-corrected chi connectivity index (χ0v) is 5.93. The summed E-state index contributed by atoms with van der Waals surface area (Å²) in [7, 11) is 0. The summed E-state index contributed by atoms with van der Waals surface area (Å²) in [5.74, 6) is 0.949. The lowest BCUT2D eigenvalue weighted by Crippen LogP contribution is -2.03. The Morgan fingerprint density at radius 2 is 2.33 bits per heavy atom. The summed E-state index contributed by atoms with van der Waals surface area (Å²) >= 11 is 0. The summed E-state index contributed by atoms with van der Waals surface area (Å²) in [4.78, 5) is 4.57. The van der Waals surface area contributed by atoms with E-state index in [0.29, 0.717) is 0 Å². The van der Waals surface area contributed by atoms with Gasteiger partial charge < -0.3 is 0 Å². The third kappa shape index (κ3) is 0.790. The van der Waals surface area contributed by atoms with Gasteiger partial charge in [-0.05, 0) is 32.1 Å². The van der Waals surface area contributed by atoms with E-state index >= 15 is 0 Å². The molecule has 0 bridgehead atoms. The maximum atomic E-state index is 4.57. The molecule has 0 aromatic rings. The van der Waals surface area contributed by atoms with Crippen molar-refractivity contribution in [1.29, 1.82) is 0 Å². The van der Waals surface area contributed by atoms with Crippen LogP contribution in [0.1, 0.15) is 32.6 Å². The summed E-state index contributed by atoms with van der Waals surface area (Å²) in [6.45, 7) is 2.16. The molecule has 2 aliphatic rings. The second-order valence-electron chi connectivity index (χ2n) is 3.33. The molecule has 1 saturated carbocycles. The van der Waals surface area contributed by atoms with Crippen molar-refractivity contribution in [3.63, 3.8) is 0 Å². The molecule has 1 heterocycles. The maximum Gasteiger partial charge on any atom is 0.0530 e. The van der Waals surface area contributed by atoms with Gasteiger partial charge in [0.2, 0.25) is 0 Å². The van der Waals surface area contributed by atoms with Crippen molar-refractivity contribution in [2.24, 2.45) is 10.9 Å². The molecule has 0 aromatic heterocycles. The first-order valence-electron chi connectivity index (χ1n) is 3.89. The Labute approximate surface area is 56.2 Å². The van der Waals surface area contributed by atoms with Gasteiger partial charge in [-0.2, -0.15) is 0 Å². The Morgan fingerprint density at radius 1 is 1.44 bits per heavy atom. The number of rotatable bonds is 0. The number of fused-ring (bicyclic) bond motifs is 1. The van der Waals surface area contributed by atoms with Gasteiger partial charge in [0, 0.05) is 5.71 Å². The molecule has 9 heavy (non-hydrogen) atoms. The topological polar surface area (TPSA) is 12.4 Å². The molecule has 0 spiro atoms. The lowest BCUT2D eigenvalue weighted by Gasteiger charge is -2.03. The molecule has 1 heteroatoms. The van der Waals surface area contributed by atoms with E-state index in [9.17, 15) is 0 Å². The molecule has 0 saturated heterocycles. The summed E-state index contributed by atoms with van der Waals surface area (Å²) in [6.07, 6.45) is 5.52. The van der Waals surface area contributed by atoms with Crippen molar-refractivity contribution in [3.8, 4) is 0 Å². The smallest absolute Gasteiger partial charge is 0.0530 e. The Bertz CT molecular complexity index is 149. The second-order valence-corrected chi connectivity index (χ2v) is 3.33. The maximum absolute atomic E-state index is 4.57. The zero-order chi connectivity index (χ0) is 6.27. The van der Waals surface area contributed by atoms with Crippen LogP contribution >= 0.6 is 0 Å². The van der Waals surface area contributed by atoms with Crippen LogP contribution in [0.15, 0.2) is 4.99 Å². The van der Waals surface area contributed by atoms with Gasteiger partial charge in [0.25, 0.3) is 0 Å². The van der Waals surface area contributed by atoms with E-state index < -0.39 is 0 Å². The normalized spacial score (nSPS) is 40.8. The standard InChI is InChI=1S/C8H13N/c1-6-5-7-3-2-4-8(7)9-6/h7-8H,2-5H2,1H3. The summed E-state index contributed by atoms with van der Waals surface area (Å²) in [6, 6.07) is 0.741. The highest BCUT2D eigenvalue weighted by Crippen LogP contribution is 2.35. The number of aliphatic imine (C=N–C) groups is 1. The highest BCUT2D eigenvalue weighted by Gasteiger charge is 2.31. The molecule has 1 fully saturated rings. The van der Waals surface area contributed by atoms with Gasteiger partial charge in [0.1, 0.15) is 0 Å². The minimum atomic E-state index is 0.741. The largest absolute Gasteiger partial charge is 0.291 e. The Hall–Kier alpha value is -0.330. The van der Waals surface area contributed by atoms with Crippen LogP contribution in [0.4, 0.5) is 0 Å². The van der Waals surface area contributed by atoms with Crippen LogP contribution < -0.4 is 0 Å². The molecule has 1 nitrogen and oxygen atoms in total. The first-order valence-corrected chi connectivity index (χ1v) is 3.89. The van der Waals surface area contributed by atoms with E-state index in [1.165, 1.54) is 31.4 Å². The van der Waals surface area contributed by atoms with Gasteiger partial charge in [0.05, 0.1) is 6.04 Å². The molecule has 1 aliphatic heterocycles. The summed E-state index contributed by atoms with van der Waals surface area (Å²) < 4.78 is 0. The van der Waals surface area contributed by atoms with Crippen LogP contribution in [0.3, 0.4) is 0 Å². The van der Waals surface area contributed by atoms with Gasteiger partial charge in [-0.15, -0.1) is 0 Å². The molecule has 0 radical (unpaired) electrons. The third-order valence-electron chi connectivity index (χ3n) is 2.56. The highest BCUT2D eigenvalue weighted by molar-refractivity contribution is 5.84. The SMILES string of the molecule is CC1=NC2CCCC2C1. The fourth-order valence-electron chi connectivity index (χ4n) is 2.14. The van der Waals surface area contributed by atoms with Crippen molar-refractivity contribution in [2.75, 3.05) is 0 Å². The van der Waals surface area contributed by atoms with E-state index in [4.69, 9.17) is 0 Å². The molecule has 0 N–H and O–H groups in total. The minimum Gasteiger partial charge on any atom is -0.291 e. The Morgan fingerprint density at radius 3 is 3.11 bits per heavy atom. The van der Waals surface area contributed by atoms with E-state index in [-0.39, 0.29) is 0 Å². The second kappa shape index (κ2) is 1.83. The van der Waals surface area contributed by atoms with Crippen LogP contribution in [-0.4, -0.2) is 11.8 Å². The lowest BCUT2D eigenvalue weighted by atomic mass is 10.0. The fourth-order valence-corrected chi connectivity index (χ4v) is 2.14. The van der Waals surface area contributed by atoms with E-state index in [1.807, 2.05) is 0 Å². The summed E-state index contributed by atoms with van der Waals surface area (Å²) in [5, 5.41) is 0. The molecule has 2 rings (SSSR count). The first-order chi connectivity index (χ1) is 4.36. The number of nitrogens with zero attached hydrogens (tertiary/aromatic N) is 1. The van der Waals surface area contributed by atoms with Crippen molar-refractivity contribution in [2.45, 2.75) is 38.6 Å². The van der Waals surface area contributed by atoms with Crippen molar-refractivity contribution >= 4 is 5.71 Å². The van der Waals surface area contributed by atoms with E-state index in [1.54, 1.807) is 0 Å². The predicted molar refractivity (Wildman–Crippen MR) is 38.9 cm³/mol. The molecule has 2 unspecified atom stereocenters. The molecular weight excluding hydrogens is 110 g/mol. The minimum absolute atomic E-state index is 0.741. The van der Waals surface area contributed by atoms with E-state index in [2.05, 4.69) is 11.9 Å². The van der Waals surface area contributed by atoms with Crippen LogP contribution in [0.2, 0.25) is 0 Å². The van der Waals surface area contributed by atoms with Crippen LogP contribution in [0, 0.1) is 5.92 Å². The van der Waals surface area contributed by atoms with Crippen LogP contribution in [0.25, 0.3) is 0 Å². The Kier molecular flexibility index (Phi) is 1.11. The first kappa shape index (κ1) is 5.45. The fraction of sp³-hybridized carbons (Fsp3) is 0.875.